The van der Waals surface area contributed by atoms with Gasteiger partial charge in [-0.05, 0) is 11.1 Å². The molecule has 2 aromatic carbocycles. The van der Waals surface area contributed by atoms with Crippen molar-refractivity contribution in [3.63, 3.8) is 0 Å². The predicted molar refractivity (Wildman–Crippen MR) is 94.8 cm³/mol. The summed E-state index contributed by atoms with van der Waals surface area (Å²) in [6.07, 6.45) is -1.12. The summed E-state index contributed by atoms with van der Waals surface area (Å²) < 4.78 is 19.3. The number of benzene rings is 2. The van der Waals surface area contributed by atoms with Gasteiger partial charge in [0.15, 0.2) is 0 Å². The standard InChI is InChI=1S/C20H23FN2O2/c21-18-11-19(14-23(13-18)12-16-7-3-1-4-8-16)22-20(24)25-15-17-9-5-2-6-10-17/h1-10,18-19H,11-15H2,(H,22,24). The molecule has 5 heteroatoms. The molecule has 1 aliphatic heterocycles. The third-order valence-electron chi connectivity index (χ3n) is 4.26. The molecule has 132 valence electrons. The van der Waals surface area contributed by atoms with Gasteiger partial charge in [0, 0.05) is 32.1 Å². The molecule has 1 amide bonds. The van der Waals surface area contributed by atoms with Crippen LogP contribution in [0, 0.1) is 0 Å². The van der Waals surface area contributed by atoms with Gasteiger partial charge in [0.05, 0.1) is 0 Å². The highest BCUT2D eigenvalue weighted by atomic mass is 19.1. The van der Waals surface area contributed by atoms with Gasteiger partial charge in [-0.1, -0.05) is 60.7 Å². The van der Waals surface area contributed by atoms with Crippen molar-refractivity contribution < 1.29 is 13.9 Å². The molecule has 0 bridgehead atoms. The summed E-state index contributed by atoms with van der Waals surface area (Å²) in [6, 6.07) is 19.2. The Bertz CT molecular complexity index is 666. The number of nitrogens with one attached hydrogen (secondary N) is 1. The van der Waals surface area contributed by atoms with Crippen molar-refractivity contribution in [3.05, 3.63) is 71.8 Å². The van der Waals surface area contributed by atoms with Crippen molar-refractivity contribution in [1.82, 2.24) is 10.2 Å². The van der Waals surface area contributed by atoms with Crippen molar-refractivity contribution in [2.45, 2.75) is 31.8 Å². The van der Waals surface area contributed by atoms with E-state index in [0.29, 0.717) is 26.1 Å². The fourth-order valence-electron chi connectivity index (χ4n) is 3.13. The van der Waals surface area contributed by atoms with E-state index in [-0.39, 0.29) is 12.6 Å². The molecule has 1 aliphatic rings. The number of likely N-dealkylation sites (tertiary alicyclic amines) is 1. The van der Waals surface area contributed by atoms with E-state index in [4.69, 9.17) is 4.74 Å². The third-order valence-corrected chi connectivity index (χ3v) is 4.26. The van der Waals surface area contributed by atoms with Crippen LogP contribution in [0.3, 0.4) is 0 Å². The minimum absolute atomic E-state index is 0.214. The maximum absolute atomic E-state index is 14.1. The van der Waals surface area contributed by atoms with E-state index in [9.17, 15) is 9.18 Å². The van der Waals surface area contributed by atoms with E-state index in [1.165, 1.54) is 0 Å². The van der Waals surface area contributed by atoms with Gasteiger partial charge < -0.3 is 10.1 Å². The van der Waals surface area contributed by atoms with Crippen LogP contribution in [0.4, 0.5) is 9.18 Å². The number of piperidine rings is 1. The molecule has 3 rings (SSSR count). The fraction of sp³-hybridized carbons (Fsp3) is 0.350. The molecule has 0 spiro atoms. The second kappa shape index (κ2) is 8.62. The van der Waals surface area contributed by atoms with Gasteiger partial charge in [-0.2, -0.15) is 0 Å². The topological polar surface area (TPSA) is 41.6 Å². The lowest BCUT2D eigenvalue weighted by Crippen LogP contribution is -2.51. The number of rotatable bonds is 5. The van der Waals surface area contributed by atoms with Gasteiger partial charge in [-0.25, -0.2) is 9.18 Å². The second-order valence-electron chi connectivity index (χ2n) is 6.42. The Morgan fingerprint density at radius 1 is 1.04 bits per heavy atom. The normalized spacial score (nSPS) is 20.8. The summed E-state index contributed by atoms with van der Waals surface area (Å²) in [7, 11) is 0. The first-order chi connectivity index (χ1) is 12.2. The molecule has 0 aromatic heterocycles. The number of alkyl halides is 1. The van der Waals surface area contributed by atoms with Crippen LogP contribution in [-0.4, -0.2) is 36.3 Å². The van der Waals surface area contributed by atoms with Crippen LogP contribution < -0.4 is 5.32 Å². The maximum atomic E-state index is 14.1. The number of alkyl carbamates (subject to hydrolysis) is 1. The highest BCUT2D eigenvalue weighted by molar-refractivity contribution is 5.67. The number of hydrogen-bond acceptors (Lipinski definition) is 3. The molecule has 2 unspecified atom stereocenters. The van der Waals surface area contributed by atoms with E-state index >= 15 is 0 Å². The number of hydrogen-bond donors (Lipinski definition) is 1. The lowest BCUT2D eigenvalue weighted by molar-refractivity contribution is 0.0923. The second-order valence-corrected chi connectivity index (χ2v) is 6.42. The molecule has 2 atom stereocenters. The van der Waals surface area contributed by atoms with E-state index in [1.807, 2.05) is 65.6 Å². The predicted octanol–water partition coefficient (Wildman–Crippen LogP) is 3.53. The summed E-state index contributed by atoms with van der Waals surface area (Å²) in [4.78, 5) is 14.0. The highest BCUT2D eigenvalue weighted by Crippen LogP contribution is 2.17. The largest absolute Gasteiger partial charge is 0.445 e. The average molecular weight is 342 g/mol. The van der Waals surface area contributed by atoms with Crippen LogP contribution in [0.25, 0.3) is 0 Å². The van der Waals surface area contributed by atoms with Crippen LogP contribution in [0.1, 0.15) is 17.5 Å². The van der Waals surface area contributed by atoms with Crippen LogP contribution >= 0.6 is 0 Å². The molecule has 2 aromatic rings. The van der Waals surface area contributed by atoms with E-state index in [0.717, 1.165) is 11.1 Å². The molecule has 25 heavy (non-hydrogen) atoms. The van der Waals surface area contributed by atoms with Gasteiger partial charge in [-0.15, -0.1) is 0 Å². The smallest absolute Gasteiger partial charge is 0.407 e. The number of carbonyl (C=O) groups is 1. The van der Waals surface area contributed by atoms with Crippen LogP contribution in [0.15, 0.2) is 60.7 Å². The number of nitrogens with zero attached hydrogens (tertiary/aromatic N) is 1. The Morgan fingerprint density at radius 3 is 2.36 bits per heavy atom. The molecular formula is C20H23FN2O2. The molecule has 1 heterocycles. The molecule has 0 saturated carbocycles. The van der Waals surface area contributed by atoms with Gasteiger partial charge in [0.25, 0.3) is 0 Å². The first-order valence-corrected chi connectivity index (χ1v) is 8.56. The van der Waals surface area contributed by atoms with Gasteiger partial charge in [-0.3, -0.25) is 4.90 Å². The molecule has 0 aliphatic carbocycles. The SMILES string of the molecule is O=C(NC1CC(F)CN(Cc2ccccc2)C1)OCc1ccccc1. The monoisotopic (exact) mass is 342 g/mol. The number of ether oxygens (including phenoxy) is 1. The van der Waals surface area contributed by atoms with E-state index in [2.05, 4.69) is 5.32 Å². The van der Waals surface area contributed by atoms with Crippen molar-refractivity contribution in [2.24, 2.45) is 0 Å². The Kier molecular flexibility index (Phi) is 6.01. The summed E-state index contributed by atoms with van der Waals surface area (Å²) in [6.45, 7) is 1.91. The quantitative estimate of drug-likeness (QED) is 0.904. The number of carbonyl (C=O) groups excluding carboxylic acids is 1. The summed E-state index contributed by atoms with van der Waals surface area (Å²) >= 11 is 0. The molecule has 4 nitrogen and oxygen atoms in total. The minimum atomic E-state index is -0.947. The Hall–Kier alpha value is -2.40. The van der Waals surface area contributed by atoms with Crippen molar-refractivity contribution in [1.29, 1.82) is 0 Å². The Morgan fingerprint density at radius 2 is 1.68 bits per heavy atom. The molecule has 1 N–H and O–H groups in total. The molecule has 1 saturated heterocycles. The van der Waals surface area contributed by atoms with Crippen LogP contribution in [0.2, 0.25) is 0 Å². The molecular weight excluding hydrogens is 319 g/mol. The first-order valence-electron chi connectivity index (χ1n) is 8.56. The van der Waals surface area contributed by atoms with Crippen molar-refractivity contribution in [2.75, 3.05) is 13.1 Å². The van der Waals surface area contributed by atoms with Crippen molar-refractivity contribution >= 4 is 6.09 Å². The van der Waals surface area contributed by atoms with Gasteiger partial charge >= 0.3 is 6.09 Å². The van der Waals surface area contributed by atoms with Crippen molar-refractivity contribution in [3.8, 4) is 0 Å². The number of amides is 1. The fourth-order valence-corrected chi connectivity index (χ4v) is 3.13. The highest BCUT2D eigenvalue weighted by Gasteiger charge is 2.28. The Balaban J connectivity index is 1.48. The van der Waals surface area contributed by atoms with Gasteiger partial charge in [0.1, 0.15) is 12.8 Å². The first kappa shape index (κ1) is 17.4. The van der Waals surface area contributed by atoms with Crippen LogP contribution in [0.5, 0.6) is 0 Å². The maximum Gasteiger partial charge on any atom is 0.407 e. The van der Waals surface area contributed by atoms with E-state index < -0.39 is 12.3 Å². The molecule has 0 radical (unpaired) electrons. The summed E-state index contributed by atoms with van der Waals surface area (Å²) in [5.74, 6) is 0. The zero-order valence-electron chi connectivity index (χ0n) is 14.1. The zero-order chi connectivity index (χ0) is 17.5. The van der Waals surface area contributed by atoms with E-state index in [1.54, 1.807) is 0 Å². The zero-order valence-corrected chi connectivity index (χ0v) is 14.1. The number of halogens is 1. The lowest BCUT2D eigenvalue weighted by Gasteiger charge is -2.34. The Labute approximate surface area is 147 Å². The summed E-state index contributed by atoms with van der Waals surface area (Å²) in [5, 5.41) is 2.79. The minimum Gasteiger partial charge on any atom is -0.445 e. The lowest BCUT2D eigenvalue weighted by atomic mass is 10.0. The van der Waals surface area contributed by atoms with Crippen LogP contribution in [-0.2, 0) is 17.9 Å². The van der Waals surface area contributed by atoms with Gasteiger partial charge in [0.2, 0.25) is 0 Å². The molecule has 1 fully saturated rings. The third kappa shape index (κ3) is 5.57. The average Bonchev–Trinajstić information content (AvgIpc) is 2.61. The summed E-state index contributed by atoms with van der Waals surface area (Å²) in [5.41, 5.74) is 2.07.